The molecule has 176 valence electrons. The fourth-order valence-electron chi connectivity index (χ4n) is 4.61. The molecule has 1 N–H and O–H groups in total. The van der Waals surface area contributed by atoms with Crippen LogP contribution in [0.15, 0.2) is 57.9 Å². The number of hydrogen-bond acceptors (Lipinski definition) is 6. The number of allylic oxidation sites excluding steroid dienone is 2. The van der Waals surface area contributed by atoms with Crippen molar-refractivity contribution in [2.45, 2.75) is 37.0 Å². The first-order valence-corrected chi connectivity index (χ1v) is 14.0. The molecule has 7 nitrogen and oxygen atoms in total. The summed E-state index contributed by atoms with van der Waals surface area (Å²) in [5, 5.41) is 0.832. The van der Waals surface area contributed by atoms with Gasteiger partial charge < -0.3 is 4.90 Å². The molecule has 3 aromatic rings. The Morgan fingerprint density at radius 1 is 1.18 bits per heavy atom. The van der Waals surface area contributed by atoms with Gasteiger partial charge in [0.15, 0.2) is 0 Å². The molecule has 0 saturated heterocycles. The van der Waals surface area contributed by atoms with Crippen LogP contribution in [0.3, 0.4) is 0 Å². The second kappa shape index (κ2) is 8.90. The number of amides is 2. The molecule has 2 unspecified atom stereocenters. The molecule has 2 aromatic carbocycles. The average molecular weight is 560 g/mol. The van der Waals surface area contributed by atoms with Crippen LogP contribution in [-0.2, 0) is 26.0 Å². The second-order valence-electron chi connectivity index (χ2n) is 8.48. The number of carbonyl (C=O) groups excluding carboxylic acids is 2. The van der Waals surface area contributed by atoms with Crippen molar-refractivity contribution in [2.75, 3.05) is 11.4 Å². The van der Waals surface area contributed by atoms with E-state index in [4.69, 9.17) is 4.98 Å². The van der Waals surface area contributed by atoms with Crippen LogP contribution in [0, 0.1) is 5.92 Å². The predicted molar refractivity (Wildman–Crippen MR) is 135 cm³/mol. The van der Waals surface area contributed by atoms with Gasteiger partial charge >= 0.3 is 0 Å². The van der Waals surface area contributed by atoms with Crippen LogP contribution in [0.4, 0.5) is 5.69 Å². The summed E-state index contributed by atoms with van der Waals surface area (Å²) in [6, 6.07) is 11.0. The maximum absolute atomic E-state index is 13.3. The van der Waals surface area contributed by atoms with Crippen LogP contribution in [-0.4, -0.2) is 31.8 Å². The van der Waals surface area contributed by atoms with Gasteiger partial charge in [0.1, 0.15) is 4.90 Å². The van der Waals surface area contributed by atoms with E-state index < -0.39 is 21.8 Å². The fraction of sp³-hybridized carbons (Fsp3) is 0.292. The maximum Gasteiger partial charge on any atom is 0.265 e. The maximum atomic E-state index is 13.3. The van der Waals surface area contributed by atoms with E-state index in [0.717, 1.165) is 20.8 Å². The highest BCUT2D eigenvalue weighted by Crippen LogP contribution is 2.39. The summed E-state index contributed by atoms with van der Waals surface area (Å²) in [6.45, 7) is 1.96. The summed E-state index contributed by atoms with van der Waals surface area (Å²) in [5.74, 6) is -1.46. The SMILES string of the molecule is CC(=O)N1CCc2cc(Br)c(S(=O)(=O)NC(=O)C3CC=CCC3c3nc4ccccc4s3)cc21. The first-order valence-electron chi connectivity index (χ1n) is 10.9. The number of benzene rings is 2. The Balaban J connectivity index is 1.43. The molecule has 34 heavy (non-hydrogen) atoms. The topological polar surface area (TPSA) is 96.4 Å². The number of nitrogens with zero attached hydrogens (tertiary/aromatic N) is 2. The Bertz CT molecular complexity index is 1410. The van der Waals surface area contributed by atoms with Crippen molar-refractivity contribution in [1.29, 1.82) is 0 Å². The Hall–Kier alpha value is -2.56. The van der Waals surface area contributed by atoms with Crippen molar-refractivity contribution >= 4 is 65.0 Å². The number of rotatable bonds is 4. The van der Waals surface area contributed by atoms with Crippen molar-refractivity contribution in [3.8, 4) is 0 Å². The number of hydrogen-bond donors (Lipinski definition) is 1. The number of sulfonamides is 1. The van der Waals surface area contributed by atoms with Crippen LogP contribution >= 0.6 is 27.3 Å². The molecular weight excluding hydrogens is 538 g/mol. The van der Waals surface area contributed by atoms with Crippen LogP contribution in [0.5, 0.6) is 0 Å². The first kappa shape index (κ1) is 23.2. The van der Waals surface area contributed by atoms with Crippen LogP contribution in [0.1, 0.15) is 36.3 Å². The number of para-hydroxylation sites is 1. The highest BCUT2D eigenvalue weighted by molar-refractivity contribution is 9.10. The van der Waals surface area contributed by atoms with Crippen molar-refractivity contribution in [3.63, 3.8) is 0 Å². The Labute approximate surface area is 210 Å². The van der Waals surface area contributed by atoms with Gasteiger partial charge in [-0.05, 0) is 65.0 Å². The zero-order chi connectivity index (χ0) is 24.0. The molecule has 1 aromatic heterocycles. The molecule has 2 aliphatic rings. The highest BCUT2D eigenvalue weighted by Gasteiger charge is 2.35. The van der Waals surface area contributed by atoms with Crippen LogP contribution in [0.2, 0.25) is 0 Å². The van der Waals surface area contributed by atoms with E-state index in [1.165, 1.54) is 24.3 Å². The van der Waals surface area contributed by atoms with Crippen molar-refractivity contribution in [2.24, 2.45) is 5.92 Å². The quantitative estimate of drug-likeness (QED) is 0.474. The number of thiazole rings is 1. The lowest BCUT2D eigenvalue weighted by Crippen LogP contribution is -2.38. The molecule has 5 rings (SSSR count). The van der Waals surface area contributed by atoms with Crippen LogP contribution < -0.4 is 9.62 Å². The van der Waals surface area contributed by atoms with Gasteiger partial charge in [-0.2, -0.15) is 0 Å². The standard InChI is InChI=1S/C24H22BrN3O4S2/c1-14(29)28-11-10-15-12-18(25)22(13-20(15)28)34(31,32)27-23(30)16-6-2-3-7-17(16)24-26-19-8-4-5-9-21(19)33-24/h2-5,8-9,12-13,16-17H,6-7,10-11H2,1H3,(H,27,30). The smallest absolute Gasteiger partial charge is 0.265 e. The predicted octanol–water partition coefficient (Wildman–Crippen LogP) is 4.52. The van der Waals surface area contributed by atoms with Crippen LogP contribution in [0.25, 0.3) is 10.2 Å². The van der Waals surface area contributed by atoms with Gasteiger partial charge in [0, 0.05) is 29.5 Å². The molecule has 10 heteroatoms. The van der Waals surface area contributed by atoms with E-state index in [1.807, 2.05) is 36.4 Å². The minimum absolute atomic E-state index is 0.0596. The second-order valence-corrected chi connectivity index (χ2v) is 12.0. The largest absolute Gasteiger partial charge is 0.312 e. The first-order chi connectivity index (χ1) is 16.2. The number of aromatic nitrogens is 1. The number of nitrogens with one attached hydrogen (secondary N) is 1. The summed E-state index contributed by atoms with van der Waals surface area (Å²) in [7, 11) is -4.17. The molecule has 0 spiro atoms. The third-order valence-corrected chi connectivity index (χ3v) is 9.80. The number of carbonyl (C=O) groups is 2. The normalized spacial score (nSPS) is 19.9. The third-order valence-electron chi connectivity index (χ3n) is 6.33. The molecule has 0 bridgehead atoms. The summed E-state index contributed by atoms with van der Waals surface area (Å²) in [5.41, 5.74) is 2.33. The molecule has 0 saturated carbocycles. The molecule has 1 aliphatic carbocycles. The Morgan fingerprint density at radius 2 is 1.94 bits per heavy atom. The van der Waals surface area contributed by atoms with Gasteiger partial charge in [0.25, 0.3) is 10.0 Å². The summed E-state index contributed by atoms with van der Waals surface area (Å²) in [4.78, 5) is 31.4. The lowest BCUT2D eigenvalue weighted by molar-refractivity contribution is -0.124. The van der Waals surface area contributed by atoms with E-state index in [2.05, 4.69) is 20.7 Å². The van der Waals surface area contributed by atoms with Crippen molar-refractivity contribution in [3.05, 3.63) is 63.6 Å². The third kappa shape index (κ3) is 4.18. The lowest BCUT2D eigenvalue weighted by atomic mass is 9.83. The summed E-state index contributed by atoms with van der Waals surface area (Å²) in [6.07, 6.45) is 5.64. The van der Waals surface area contributed by atoms with Gasteiger partial charge in [-0.15, -0.1) is 11.3 Å². The van der Waals surface area contributed by atoms with Gasteiger partial charge in [0.2, 0.25) is 11.8 Å². The Morgan fingerprint density at radius 3 is 2.71 bits per heavy atom. The van der Waals surface area contributed by atoms with Gasteiger partial charge in [-0.3, -0.25) is 9.59 Å². The molecule has 0 fully saturated rings. The monoisotopic (exact) mass is 559 g/mol. The molecule has 2 atom stereocenters. The summed E-state index contributed by atoms with van der Waals surface area (Å²) >= 11 is 4.88. The van der Waals surface area contributed by atoms with Gasteiger partial charge in [-0.25, -0.2) is 18.1 Å². The Kier molecular flexibility index (Phi) is 6.07. The van der Waals surface area contributed by atoms with Gasteiger partial charge in [0.05, 0.1) is 21.1 Å². The van der Waals surface area contributed by atoms with E-state index in [0.29, 0.717) is 36.0 Å². The molecule has 1 aliphatic heterocycles. The zero-order valence-corrected chi connectivity index (χ0v) is 21.5. The van der Waals surface area contributed by atoms with E-state index in [1.54, 1.807) is 11.0 Å². The molecule has 2 heterocycles. The minimum atomic E-state index is -4.17. The van der Waals surface area contributed by atoms with E-state index >= 15 is 0 Å². The minimum Gasteiger partial charge on any atom is -0.312 e. The number of anilines is 1. The van der Waals surface area contributed by atoms with Crippen molar-refractivity contribution < 1.29 is 18.0 Å². The van der Waals surface area contributed by atoms with E-state index in [9.17, 15) is 18.0 Å². The average Bonchev–Trinajstić information content (AvgIpc) is 3.42. The molecule has 0 radical (unpaired) electrons. The molecular formula is C24H22BrN3O4S2. The van der Waals surface area contributed by atoms with E-state index in [-0.39, 0.29) is 16.7 Å². The zero-order valence-electron chi connectivity index (χ0n) is 18.3. The number of halogens is 1. The van der Waals surface area contributed by atoms with Gasteiger partial charge in [-0.1, -0.05) is 24.3 Å². The lowest BCUT2D eigenvalue weighted by Gasteiger charge is -2.26. The fourth-order valence-corrected chi connectivity index (χ4v) is 7.89. The highest BCUT2D eigenvalue weighted by atomic mass is 79.9. The summed E-state index contributed by atoms with van der Waals surface area (Å²) < 4.78 is 30.2. The van der Waals surface area contributed by atoms with Crippen molar-refractivity contribution in [1.82, 2.24) is 9.71 Å². The molecule has 2 amide bonds. The number of fused-ring (bicyclic) bond motifs is 2.